The SMILES string of the molecule is Cn1nc(C(=O)O)cc1CNC1CCN(c2ccccc2F)C1. The molecule has 0 aliphatic carbocycles. The molecular weight excluding hydrogens is 299 g/mol. The molecule has 0 radical (unpaired) electrons. The normalized spacial score (nSPS) is 17.7. The molecule has 1 saturated heterocycles. The van der Waals surface area contributed by atoms with Crippen LogP contribution >= 0.6 is 0 Å². The van der Waals surface area contributed by atoms with E-state index in [4.69, 9.17) is 5.11 Å². The maximum atomic E-state index is 13.8. The number of benzene rings is 1. The van der Waals surface area contributed by atoms with Gasteiger partial charge in [-0.25, -0.2) is 9.18 Å². The van der Waals surface area contributed by atoms with E-state index < -0.39 is 5.97 Å². The summed E-state index contributed by atoms with van der Waals surface area (Å²) in [4.78, 5) is 12.9. The molecule has 122 valence electrons. The quantitative estimate of drug-likeness (QED) is 0.877. The van der Waals surface area contributed by atoms with E-state index in [-0.39, 0.29) is 17.6 Å². The molecule has 0 spiro atoms. The van der Waals surface area contributed by atoms with E-state index in [0.29, 0.717) is 12.2 Å². The van der Waals surface area contributed by atoms with Gasteiger partial charge >= 0.3 is 5.97 Å². The molecule has 6 nitrogen and oxygen atoms in total. The zero-order valence-corrected chi connectivity index (χ0v) is 12.9. The van der Waals surface area contributed by atoms with Gasteiger partial charge in [0.25, 0.3) is 0 Å². The predicted octanol–water partition coefficient (Wildman–Crippen LogP) is 1.63. The summed E-state index contributed by atoms with van der Waals surface area (Å²) in [7, 11) is 1.73. The Morgan fingerprint density at radius 1 is 1.48 bits per heavy atom. The highest BCUT2D eigenvalue weighted by molar-refractivity contribution is 5.85. The molecule has 7 heteroatoms. The highest BCUT2D eigenvalue weighted by Gasteiger charge is 2.24. The first-order chi connectivity index (χ1) is 11.0. The van der Waals surface area contributed by atoms with Gasteiger partial charge in [-0.1, -0.05) is 12.1 Å². The van der Waals surface area contributed by atoms with Gasteiger partial charge < -0.3 is 15.3 Å². The molecule has 2 N–H and O–H groups in total. The Kier molecular flexibility index (Phi) is 4.29. The van der Waals surface area contributed by atoms with Crippen molar-refractivity contribution >= 4 is 11.7 Å². The Hall–Kier alpha value is -2.41. The number of aromatic nitrogens is 2. The van der Waals surface area contributed by atoms with Crippen molar-refractivity contribution < 1.29 is 14.3 Å². The topological polar surface area (TPSA) is 70.4 Å². The Labute approximate surface area is 133 Å². The number of carboxylic acid groups (broad SMARTS) is 1. The van der Waals surface area contributed by atoms with Crippen LogP contribution in [0.25, 0.3) is 0 Å². The first-order valence-electron chi connectivity index (χ1n) is 7.53. The van der Waals surface area contributed by atoms with E-state index in [2.05, 4.69) is 10.4 Å². The summed E-state index contributed by atoms with van der Waals surface area (Å²) in [6.07, 6.45) is 0.915. The van der Waals surface area contributed by atoms with Gasteiger partial charge in [-0.15, -0.1) is 0 Å². The van der Waals surface area contributed by atoms with Gasteiger partial charge in [0, 0.05) is 32.7 Å². The number of carbonyl (C=O) groups is 1. The fraction of sp³-hybridized carbons (Fsp3) is 0.375. The highest BCUT2D eigenvalue weighted by atomic mass is 19.1. The summed E-state index contributed by atoms with van der Waals surface area (Å²) >= 11 is 0. The Morgan fingerprint density at radius 3 is 2.96 bits per heavy atom. The van der Waals surface area contributed by atoms with Gasteiger partial charge in [0.1, 0.15) is 5.82 Å². The second-order valence-corrected chi connectivity index (χ2v) is 5.71. The van der Waals surface area contributed by atoms with E-state index in [1.165, 1.54) is 6.07 Å². The first kappa shape index (κ1) is 15.5. The highest BCUT2D eigenvalue weighted by Crippen LogP contribution is 2.23. The lowest BCUT2D eigenvalue weighted by Crippen LogP contribution is -2.32. The van der Waals surface area contributed by atoms with Gasteiger partial charge in [-0.2, -0.15) is 5.10 Å². The average Bonchev–Trinajstić information content (AvgIpc) is 3.12. The Morgan fingerprint density at radius 2 is 2.26 bits per heavy atom. The molecule has 1 fully saturated rings. The number of hydrogen-bond acceptors (Lipinski definition) is 4. The molecule has 1 atom stereocenters. The number of aromatic carboxylic acids is 1. The number of nitrogens with one attached hydrogen (secondary N) is 1. The standard InChI is InChI=1S/C16H19FN4O2/c1-20-12(8-14(19-20)16(22)23)9-18-11-6-7-21(10-11)15-5-3-2-4-13(15)17/h2-5,8,11,18H,6-7,9-10H2,1H3,(H,22,23). The van der Waals surface area contributed by atoms with Crippen molar-refractivity contribution in [2.24, 2.45) is 7.05 Å². The molecule has 1 aromatic carbocycles. The summed E-state index contributed by atoms with van der Waals surface area (Å²) in [5, 5.41) is 16.3. The van der Waals surface area contributed by atoms with Crippen LogP contribution < -0.4 is 10.2 Å². The largest absolute Gasteiger partial charge is 0.476 e. The molecule has 0 amide bonds. The summed E-state index contributed by atoms with van der Waals surface area (Å²) < 4.78 is 15.4. The molecule has 2 aromatic rings. The van der Waals surface area contributed by atoms with Crippen molar-refractivity contribution in [3.05, 3.63) is 47.5 Å². The number of para-hydroxylation sites is 1. The third kappa shape index (κ3) is 3.34. The van der Waals surface area contributed by atoms with E-state index in [1.807, 2.05) is 11.0 Å². The van der Waals surface area contributed by atoms with Crippen LogP contribution in [0.4, 0.5) is 10.1 Å². The van der Waals surface area contributed by atoms with Crippen LogP contribution in [0.2, 0.25) is 0 Å². The number of hydrogen-bond donors (Lipinski definition) is 2. The van der Waals surface area contributed by atoms with Crippen LogP contribution in [0.1, 0.15) is 22.6 Å². The molecule has 23 heavy (non-hydrogen) atoms. The fourth-order valence-corrected chi connectivity index (χ4v) is 2.88. The minimum Gasteiger partial charge on any atom is -0.476 e. The van der Waals surface area contributed by atoms with E-state index in [9.17, 15) is 9.18 Å². The molecule has 0 saturated carbocycles. The predicted molar refractivity (Wildman–Crippen MR) is 84.0 cm³/mol. The van der Waals surface area contributed by atoms with E-state index in [1.54, 1.807) is 29.9 Å². The number of nitrogens with zero attached hydrogens (tertiary/aromatic N) is 3. The minimum absolute atomic E-state index is 0.0451. The molecule has 2 heterocycles. The second-order valence-electron chi connectivity index (χ2n) is 5.71. The number of aryl methyl sites for hydroxylation is 1. The Balaban J connectivity index is 1.58. The third-order valence-corrected chi connectivity index (χ3v) is 4.15. The minimum atomic E-state index is -1.03. The van der Waals surface area contributed by atoms with Crippen molar-refractivity contribution in [2.75, 3.05) is 18.0 Å². The maximum Gasteiger partial charge on any atom is 0.356 e. The summed E-state index contributed by atoms with van der Waals surface area (Å²) in [5.41, 5.74) is 1.49. The second kappa shape index (κ2) is 6.37. The Bertz CT molecular complexity index is 716. The average molecular weight is 318 g/mol. The van der Waals surface area contributed by atoms with Crippen molar-refractivity contribution in [3.63, 3.8) is 0 Å². The summed E-state index contributed by atoms with van der Waals surface area (Å²) in [6, 6.07) is 8.59. The van der Waals surface area contributed by atoms with Crippen LogP contribution in [0.5, 0.6) is 0 Å². The van der Waals surface area contributed by atoms with E-state index >= 15 is 0 Å². The lowest BCUT2D eigenvalue weighted by Gasteiger charge is -2.19. The van der Waals surface area contributed by atoms with Gasteiger partial charge in [0.15, 0.2) is 5.69 Å². The van der Waals surface area contributed by atoms with Crippen molar-refractivity contribution in [1.82, 2.24) is 15.1 Å². The molecule has 3 rings (SSSR count). The maximum absolute atomic E-state index is 13.8. The third-order valence-electron chi connectivity index (χ3n) is 4.15. The lowest BCUT2D eigenvalue weighted by atomic mass is 10.2. The molecule has 1 unspecified atom stereocenters. The lowest BCUT2D eigenvalue weighted by molar-refractivity contribution is 0.0689. The molecule has 0 bridgehead atoms. The zero-order valence-electron chi connectivity index (χ0n) is 12.9. The van der Waals surface area contributed by atoms with Gasteiger partial charge in [0.05, 0.1) is 11.4 Å². The van der Waals surface area contributed by atoms with Crippen LogP contribution in [0.15, 0.2) is 30.3 Å². The number of rotatable bonds is 5. The molecule has 1 aliphatic rings. The van der Waals surface area contributed by atoms with Crippen LogP contribution in [0, 0.1) is 5.82 Å². The van der Waals surface area contributed by atoms with E-state index in [0.717, 1.165) is 25.2 Å². The van der Waals surface area contributed by atoms with Crippen LogP contribution in [0.3, 0.4) is 0 Å². The van der Waals surface area contributed by atoms with Crippen LogP contribution in [-0.4, -0.2) is 40.0 Å². The summed E-state index contributed by atoms with van der Waals surface area (Å²) in [6.45, 7) is 2.06. The van der Waals surface area contributed by atoms with Gasteiger partial charge in [-0.3, -0.25) is 4.68 Å². The number of halogens is 1. The fourth-order valence-electron chi connectivity index (χ4n) is 2.88. The molecular formula is C16H19FN4O2. The molecule has 1 aliphatic heterocycles. The first-order valence-corrected chi connectivity index (χ1v) is 7.53. The van der Waals surface area contributed by atoms with Crippen LogP contribution in [-0.2, 0) is 13.6 Å². The van der Waals surface area contributed by atoms with Crippen molar-refractivity contribution in [2.45, 2.75) is 19.0 Å². The number of anilines is 1. The smallest absolute Gasteiger partial charge is 0.356 e. The van der Waals surface area contributed by atoms with Gasteiger partial charge in [0.2, 0.25) is 0 Å². The summed E-state index contributed by atoms with van der Waals surface area (Å²) in [5.74, 6) is -1.23. The van der Waals surface area contributed by atoms with Crippen molar-refractivity contribution in [3.8, 4) is 0 Å². The number of carboxylic acids is 1. The van der Waals surface area contributed by atoms with Crippen molar-refractivity contribution in [1.29, 1.82) is 0 Å². The van der Waals surface area contributed by atoms with Gasteiger partial charge in [-0.05, 0) is 24.6 Å². The molecule has 1 aromatic heterocycles. The zero-order chi connectivity index (χ0) is 16.4. The monoisotopic (exact) mass is 318 g/mol.